The molecule has 0 saturated heterocycles. The standard InChI is InChI=1S/C7H8N4OS/c12-6(7-9-3-10-11-7)1-5-2-8-4-13-5/h2-4,6,12H,1H2,(H,9,10,11). The number of thiazole rings is 1. The first-order chi connectivity index (χ1) is 6.36. The maximum Gasteiger partial charge on any atom is 0.153 e. The Morgan fingerprint density at radius 3 is 3.15 bits per heavy atom. The molecule has 2 rings (SSSR count). The molecule has 68 valence electrons. The van der Waals surface area contributed by atoms with Crippen molar-refractivity contribution in [2.75, 3.05) is 0 Å². The van der Waals surface area contributed by atoms with Gasteiger partial charge in [-0.3, -0.25) is 10.1 Å². The molecule has 0 aliphatic heterocycles. The van der Waals surface area contributed by atoms with Crippen LogP contribution in [0.3, 0.4) is 0 Å². The third-order valence-electron chi connectivity index (χ3n) is 1.63. The van der Waals surface area contributed by atoms with Crippen LogP contribution in [0.5, 0.6) is 0 Å². The fraction of sp³-hybridized carbons (Fsp3) is 0.286. The summed E-state index contributed by atoms with van der Waals surface area (Å²) in [5.74, 6) is 0.494. The van der Waals surface area contributed by atoms with Crippen LogP contribution in [0.1, 0.15) is 16.8 Å². The van der Waals surface area contributed by atoms with Gasteiger partial charge in [-0.25, -0.2) is 4.98 Å². The van der Waals surface area contributed by atoms with Gasteiger partial charge in [0.05, 0.1) is 5.51 Å². The van der Waals surface area contributed by atoms with Gasteiger partial charge in [0.15, 0.2) is 5.82 Å². The quantitative estimate of drug-likeness (QED) is 0.751. The summed E-state index contributed by atoms with van der Waals surface area (Å²) in [5.41, 5.74) is 1.74. The number of H-pyrrole nitrogens is 1. The summed E-state index contributed by atoms with van der Waals surface area (Å²) in [5, 5.41) is 15.9. The van der Waals surface area contributed by atoms with E-state index < -0.39 is 6.10 Å². The highest BCUT2D eigenvalue weighted by atomic mass is 32.1. The zero-order chi connectivity index (χ0) is 9.10. The van der Waals surface area contributed by atoms with Crippen LogP contribution in [0.25, 0.3) is 0 Å². The third kappa shape index (κ3) is 1.90. The molecule has 0 saturated carbocycles. The summed E-state index contributed by atoms with van der Waals surface area (Å²) in [4.78, 5) is 8.81. The Morgan fingerprint density at radius 1 is 1.62 bits per heavy atom. The highest BCUT2D eigenvalue weighted by Crippen LogP contribution is 2.16. The molecule has 0 aliphatic rings. The van der Waals surface area contributed by atoms with Crippen LogP contribution >= 0.6 is 11.3 Å². The normalized spacial score (nSPS) is 13.0. The molecule has 2 heterocycles. The first kappa shape index (κ1) is 8.33. The maximum absolute atomic E-state index is 9.63. The van der Waals surface area contributed by atoms with Gasteiger partial charge in [0.1, 0.15) is 12.4 Å². The molecule has 1 atom stereocenters. The molecule has 2 aromatic rings. The number of hydrogen-bond donors (Lipinski definition) is 2. The van der Waals surface area contributed by atoms with Gasteiger partial charge in [-0.2, -0.15) is 5.10 Å². The van der Waals surface area contributed by atoms with Crippen molar-refractivity contribution in [1.29, 1.82) is 0 Å². The molecule has 0 fully saturated rings. The molecular weight excluding hydrogens is 188 g/mol. The van der Waals surface area contributed by atoms with Crippen molar-refractivity contribution in [1.82, 2.24) is 20.2 Å². The molecule has 0 radical (unpaired) electrons. The number of aromatic amines is 1. The van der Waals surface area contributed by atoms with Gasteiger partial charge in [0, 0.05) is 17.5 Å². The lowest BCUT2D eigenvalue weighted by Crippen LogP contribution is -2.02. The number of aliphatic hydroxyl groups is 1. The number of aromatic nitrogens is 4. The van der Waals surface area contributed by atoms with E-state index in [1.54, 1.807) is 11.7 Å². The van der Waals surface area contributed by atoms with E-state index in [9.17, 15) is 5.11 Å². The van der Waals surface area contributed by atoms with E-state index in [2.05, 4.69) is 20.2 Å². The van der Waals surface area contributed by atoms with Crippen molar-refractivity contribution in [3.8, 4) is 0 Å². The summed E-state index contributed by atoms with van der Waals surface area (Å²) in [6, 6.07) is 0. The summed E-state index contributed by atoms with van der Waals surface area (Å²) in [6.07, 6.45) is 3.03. The lowest BCUT2D eigenvalue weighted by molar-refractivity contribution is 0.169. The molecule has 2 aromatic heterocycles. The summed E-state index contributed by atoms with van der Waals surface area (Å²) in [6.45, 7) is 0. The topological polar surface area (TPSA) is 74.7 Å². The minimum absolute atomic E-state index is 0.494. The summed E-state index contributed by atoms with van der Waals surface area (Å²) < 4.78 is 0. The second-order valence-corrected chi connectivity index (χ2v) is 3.53. The number of rotatable bonds is 3. The molecule has 13 heavy (non-hydrogen) atoms. The Kier molecular flexibility index (Phi) is 2.33. The zero-order valence-corrected chi connectivity index (χ0v) is 7.53. The van der Waals surface area contributed by atoms with Crippen LogP contribution in [-0.2, 0) is 6.42 Å². The van der Waals surface area contributed by atoms with Crippen LogP contribution in [0.2, 0.25) is 0 Å². The molecule has 0 aliphatic carbocycles. The molecule has 0 spiro atoms. The lowest BCUT2D eigenvalue weighted by Gasteiger charge is -2.03. The van der Waals surface area contributed by atoms with E-state index in [-0.39, 0.29) is 0 Å². The van der Waals surface area contributed by atoms with E-state index in [0.717, 1.165) is 4.88 Å². The Bertz CT molecular complexity index is 344. The second-order valence-electron chi connectivity index (χ2n) is 2.56. The first-order valence-electron chi connectivity index (χ1n) is 3.77. The average Bonchev–Trinajstić information content (AvgIpc) is 2.74. The largest absolute Gasteiger partial charge is 0.385 e. The fourth-order valence-corrected chi connectivity index (χ4v) is 1.64. The van der Waals surface area contributed by atoms with Gasteiger partial charge >= 0.3 is 0 Å². The average molecular weight is 196 g/mol. The number of nitrogens with zero attached hydrogens (tertiary/aromatic N) is 3. The minimum atomic E-state index is -0.622. The monoisotopic (exact) mass is 196 g/mol. The third-order valence-corrected chi connectivity index (χ3v) is 2.43. The Morgan fingerprint density at radius 2 is 2.54 bits per heavy atom. The summed E-state index contributed by atoms with van der Waals surface area (Å²) in [7, 11) is 0. The van der Waals surface area contributed by atoms with Gasteiger partial charge < -0.3 is 5.11 Å². The molecule has 5 nitrogen and oxygen atoms in total. The Labute approximate surface area is 78.5 Å². The molecule has 0 aromatic carbocycles. The van der Waals surface area contributed by atoms with E-state index in [4.69, 9.17) is 0 Å². The smallest absolute Gasteiger partial charge is 0.153 e. The van der Waals surface area contributed by atoms with E-state index in [1.165, 1.54) is 17.7 Å². The van der Waals surface area contributed by atoms with Crippen LogP contribution in [0.4, 0.5) is 0 Å². The van der Waals surface area contributed by atoms with E-state index in [0.29, 0.717) is 12.2 Å². The first-order valence-corrected chi connectivity index (χ1v) is 4.65. The van der Waals surface area contributed by atoms with Crippen LogP contribution in [0.15, 0.2) is 18.0 Å². The van der Waals surface area contributed by atoms with Crippen LogP contribution < -0.4 is 0 Å². The molecule has 0 bridgehead atoms. The minimum Gasteiger partial charge on any atom is -0.385 e. The second kappa shape index (κ2) is 3.63. The fourth-order valence-electron chi connectivity index (χ4n) is 1.01. The van der Waals surface area contributed by atoms with Crippen LogP contribution in [0, 0.1) is 0 Å². The lowest BCUT2D eigenvalue weighted by atomic mass is 10.2. The zero-order valence-electron chi connectivity index (χ0n) is 6.71. The number of nitrogens with one attached hydrogen (secondary N) is 1. The Balaban J connectivity index is 2.04. The molecule has 6 heteroatoms. The predicted octanol–water partition coefficient (Wildman–Crippen LogP) is 0.537. The number of aliphatic hydroxyl groups excluding tert-OH is 1. The van der Waals surface area contributed by atoms with Crippen molar-refractivity contribution in [3.63, 3.8) is 0 Å². The maximum atomic E-state index is 9.63. The summed E-state index contributed by atoms with van der Waals surface area (Å²) >= 11 is 1.52. The highest BCUT2D eigenvalue weighted by molar-refractivity contribution is 7.09. The predicted molar refractivity (Wildman–Crippen MR) is 47.2 cm³/mol. The van der Waals surface area contributed by atoms with E-state index in [1.807, 2.05) is 0 Å². The van der Waals surface area contributed by atoms with Gasteiger partial charge in [-0.1, -0.05) is 0 Å². The van der Waals surface area contributed by atoms with Crippen molar-refractivity contribution >= 4 is 11.3 Å². The molecule has 0 amide bonds. The van der Waals surface area contributed by atoms with Crippen molar-refractivity contribution in [3.05, 3.63) is 28.7 Å². The molecule has 2 N–H and O–H groups in total. The van der Waals surface area contributed by atoms with Crippen molar-refractivity contribution < 1.29 is 5.11 Å². The van der Waals surface area contributed by atoms with Gasteiger partial charge in [-0.15, -0.1) is 11.3 Å². The molecular formula is C7H8N4OS. The Hall–Kier alpha value is -1.27. The van der Waals surface area contributed by atoms with Gasteiger partial charge in [0.2, 0.25) is 0 Å². The van der Waals surface area contributed by atoms with Gasteiger partial charge in [0.25, 0.3) is 0 Å². The SMILES string of the molecule is OC(Cc1cncs1)c1ncn[nH]1. The number of hydrogen-bond acceptors (Lipinski definition) is 5. The van der Waals surface area contributed by atoms with Crippen LogP contribution in [-0.4, -0.2) is 25.3 Å². The van der Waals surface area contributed by atoms with Crippen molar-refractivity contribution in [2.45, 2.75) is 12.5 Å². The van der Waals surface area contributed by atoms with E-state index >= 15 is 0 Å². The molecule has 1 unspecified atom stereocenters. The highest BCUT2D eigenvalue weighted by Gasteiger charge is 2.11. The van der Waals surface area contributed by atoms with Gasteiger partial charge in [-0.05, 0) is 0 Å². The van der Waals surface area contributed by atoms with Crippen molar-refractivity contribution in [2.24, 2.45) is 0 Å².